The summed E-state index contributed by atoms with van der Waals surface area (Å²) in [6, 6.07) is 0. The molecule has 0 aromatic rings. The van der Waals surface area contributed by atoms with Crippen LogP contribution in [-0.4, -0.2) is 74.2 Å². The maximum atomic E-state index is 11.7. The molecule has 0 radical (unpaired) electrons. The summed E-state index contributed by atoms with van der Waals surface area (Å²) in [5.74, 6) is 0.436. The number of carbonyl (C=O) groups is 1. The van der Waals surface area contributed by atoms with Crippen LogP contribution in [0, 0.1) is 11.8 Å². The number of allylic oxidation sites excluding steroid dienone is 3. The molecular formula is C16H27KO3. The van der Waals surface area contributed by atoms with Gasteiger partial charge < -0.3 is 9.84 Å². The molecule has 0 heterocycles. The Kier molecular flexibility index (Phi) is 9.80. The molecule has 1 fully saturated rings. The molecule has 3 atom stereocenters. The molecule has 0 unspecified atom stereocenters. The van der Waals surface area contributed by atoms with Gasteiger partial charge >= 0.3 is 57.4 Å². The monoisotopic (exact) mass is 306 g/mol. The summed E-state index contributed by atoms with van der Waals surface area (Å²) in [5.41, 5.74) is -0.540. The Morgan fingerprint density at radius 1 is 1.40 bits per heavy atom. The minimum atomic E-state index is -0.540. The molecule has 4 heteroatoms. The second-order valence-electron chi connectivity index (χ2n) is 5.97. The first-order valence-electron chi connectivity index (χ1n) is 7.08. The van der Waals surface area contributed by atoms with E-state index in [1.54, 1.807) is 12.2 Å². The zero-order valence-electron chi connectivity index (χ0n) is 12.4. The van der Waals surface area contributed by atoms with Gasteiger partial charge in [0.1, 0.15) is 5.60 Å². The average molecular weight is 306 g/mol. The van der Waals surface area contributed by atoms with Crippen LogP contribution in [0.4, 0.5) is 0 Å². The van der Waals surface area contributed by atoms with E-state index in [4.69, 9.17) is 4.74 Å². The van der Waals surface area contributed by atoms with Crippen molar-refractivity contribution in [2.45, 2.75) is 58.7 Å². The van der Waals surface area contributed by atoms with E-state index in [0.717, 1.165) is 12.8 Å². The van der Waals surface area contributed by atoms with Gasteiger partial charge in [0.25, 0.3) is 0 Å². The van der Waals surface area contributed by atoms with Gasteiger partial charge in [-0.1, -0.05) is 32.1 Å². The Balaban J connectivity index is 0.00000361. The molecule has 1 aliphatic carbocycles. The van der Waals surface area contributed by atoms with Crippen molar-refractivity contribution in [3.63, 3.8) is 0 Å². The van der Waals surface area contributed by atoms with E-state index in [1.165, 1.54) is 6.08 Å². The van der Waals surface area contributed by atoms with Gasteiger partial charge in [0.05, 0.1) is 6.10 Å². The molecule has 0 bridgehead atoms. The fourth-order valence-corrected chi connectivity index (χ4v) is 2.75. The first-order valence-corrected chi connectivity index (χ1v) is 7.08. The molecule has 1 saturated carbocycles. The zero-order chi connectivity index (χ0) is 14.5. The average Bonchev–Trinajstić information content (AvgIpc) is 2.27. The molecule has 0 spiro atoms. The minimum absolute atomic E-state index is 0. The number of aliphatic hydroxyl groups excluding tert-OH is 1. The third-order valence-corrected chi connectivity index (χ3v) is 3.88. The molecule has 0 amide bonds. The Morgan fingerprint density at radius 2 is 2.05 bits per heavy atom. The predicted octanol–water partition coefficient (Wildman–Crippen LogP) is 2.59. The van der Waals surface area contributed by atoms with Crippen molar-refractivity contribution in [2.75, 3.05) is 0 Å². The summed E-state index contributed by atoms with van der Waals surface area (Å²) in [6.07, 6.45) is 8.59. The second-order valence-corrected chi connectivity index (χ2v) is 5.97. The summed E-state index contributed by atoms with van der Waals surface area (Å²) >= 11 is 0. The molecule has 1 rings (SSSR count). The van der Waals surface area contributed by atoms with E-state index in [2.05, 4.69) is 13.8 Å². The van der Waals surface area contributed by atoms with Gasteiger partial charge in [0.15, 0.2) is 0 Å². The van der Waals surface area contributed by atoms with Crippen molar-refractivity contribution in [2.24, 2.45) is 11.8 Å². The zero-order valence-corrected chi connectivity index (χ0v) is 12.4. The molecule has 110 valence electrons. The molecule has 1 N–H and O–H groups in total. The van der Waals surface area contributed by atoms with Crippen LogP contribution >= 0.6 is 0 Å². The number of hydrogen-bond donors (Lipinski definition) is 1. The molecule has 0 saturated heterocycles. The second kappa shape index (κ2) is 9.54. The van der Waals surface area contributed by atoms with Gasteiger partial charge in [-0.2, -0.15) is 0 Å². The van der Waals surface area contributed by atoms with Gasteiger partial charge in [-0.15, -0.1) is 0 Å². The van der Waals surface area contributed by atoms with Crippen LogP contribution in [0.5, 0.6) is 0 Å². The maximum absolute atomic E-state index is 11.7. The molecular weight excluding hydrogens is 279 g/mol. The van der Waals surface area contributed by atoms with Crippen molar-refractivity contribution in [3.05, 3.63) is 24.3 Å². The van der Waals surface area contributed by atoms with Gasteiger partial charge in [-0.05, 0) is 38.5 Å². The Bertz CT molecular complexity index is 363. The van der Waals surface area contributed by atoms with E-state index in [-0.39, 0.29) is 63.5 Å². The summed E-state index contributed by atoms with van der Waals surface area (Å²) < 4.78 is 5.50. The molecule has 0 aliphatic heterocycles. The van der Waals surface area contributed by atoms with Crippen LogP contribution in [0.3, 0.4) is 0 Å². The first kappa shape index (κ1) is 20.5. The number of ether oxygens (including phenoxy) is 1. The van der Waals surface area contributed by atoms with Gasteiger partial charge in [-0.25, -0.2) is 4.79 Å². The normalized spacial score (nSPS) is 30.7. The number of carbonyl (C=O) groups excluding carboxylic acids is 1. The first-order chi connectivity index (χ1) is 8.88. The molecule has 0 aromatic carbocycles. The van der Waals surface area contributed by atoms with Crippen LogP contribution in [0.1, 0.15) is 47.0 Å². The fraction of sp³-hybridized carbons (Fsp3) is 0.688. The quantitative estimate of drug-likeness (QED) is 0.376. The molecule has 1 aliphatic rings. The van der Waals surface area contributed by atoms with E-state index in [1.807, 2.05) is 19.9 Å². The van der Waals surface area contributed by atoms with Crippen molar-refractivity contribution >= 4 is 57.4 Å². The fourth-order valence-electron chi connectivity index (χ4n) is 2.75. The summed E-state index contributed by atoms with van der Waals surface area (Å²) in [5, 5.41) is 10.2. The van der Waals surface area contributed by atoms with E-state index >= 15 is 0 Å². The molecule has 3 nitrogen and oxygen atoms in total. The van der Waals surface area contributed by atoms with Crippen LogP contribution < -0.4 is 0 Å². The van der Waals surface area contributed by atoms with Crippen molar-refractivity contribution in [1.82, 2.24) is 0 Å². The topological polar surface area (TPSA) is 46.5 Å². The summed E-state index contributed by atoms with van der Waals surface area (Å²) in [6.45, 7) is 8.06. The third kappa shape index (κ3) is 6.54. The summed E-state index contributed by atoms with van der Waals surface area (Å²) in [4.78, 5) is 11.7. The summed E-state index contributed by atoms with van der Waals surface area (Å²) in [7, 11) is 0. The van der Waals surface area contributed by atoms with Crippen LogP contribution in [0.25, 0.3) is 0 Å². The third-order valence-electron chi connectivity index (χ3n) is 3.88. The standard InChI is InChI=1S/C16H26O3.K.H/c1-5-6-7-8-15(18)19-16(4)10-9-13(12(2)3)14(17)11-16;;/h5-8,12-14,17H,9-11H2,1-4H3;;/b6-5+,8-7+;;/t13-,14+,16+;;/m0../s1. The Hall–Kier alpha value is 0.546. The van der Waals surface area contributed by atoms with E-state index < -0.39 is 5.60 Å². The van der Waals surface area contributed by atoms with E-state index in [9.17, 15) is 9.90 Å². The predicted molar refractivity (Wildman–Crippen MR) is 83.8 cm³/mol. The van der Waals surface area contributed by atoms with Crippen LogP contribution in [0.2, 0.25) is 0 Å². The van der Waals surface area contributed by atoms with Crippen LogP contribution in [-0.2, 0) is 9.53 Å². The van der Waals surface area contributed by atoms with E-state index in [0.29, 0.717) is 18.3 Å². The molecule has 0 aromatic heterocycles. The number of esters is 1. The Labute approximate surface area is 165 Å². The number of aliphatic hydroxyl groups is 1. The van der Waals surface area contributed by atoms with Gasteiger partial charge in [0, 0.05) is 12.5 Å². The van der Waals surface area contributed by atoms with Crippen LogP contribution in [0.15, 0.2) is 24.3 Å². The molecule has 20 heavy (non-hydrogen) atoms. The van der Waals surface area contributed by atoms with Gasteiger partial charge in [-0.3, -0.25) is 0 Å². The SMILES string of the molecule is C/C=C/C=C/C(=O)O[C@]1(C)CC[C@@H](C(C)C)[C@H](O)C1.[KH]. The number of rotatable bonds is 4. The van der Waals surface area contributed by atoms with Gasteiger partial charge in [0.2, 0.25) is 0 Å². The van der Waals surface area contributed by atoms with Crippen molar-refractivity contribution in [3.8, 4) is 0 Å². The number of hydrogen-bond acceptors (Lipinski definition) is 3. The van der Waals surface area contributed by atoms with Crippen molar-refractivity contribution in [1.29, 1.82) is 0 Å². The van der Waals surface area contributed by atoms with Crippen molar-refractivity contribution < 1.29 is 14.6 Å². The Morgan fingerprint density at radius 3 is 2.55 bits per heavy atom.